The summed E-state index contributed by atoms with van der Waals surface area (Å²) < 4.78 is 0. The SMILES string of the molecule is NCCN.NCCNCO.OCCCCNCO. The molecule has 0 aliphatic rings. The summed E-state index contributed by atoms with van der Waals surface area (Å²) in [5.74, 6) is 0. The third kappa shape index (κ3) is 44.8. The van der Waals surface area contributed by atoms with E-state index in [0.717, 1.165) is 19.4 Å². The zero-order valence-corrected chi connectivity index (χ0v) is 11.1. The number of aliphatic hydroxyl groups is 3. The lowest BCUT2D eigenvalue weighted by atomic mass is 10.3. The molecule has 0 aromatic heterocycles. The van der Waals surface area contributed by atoms with E-state index in [0.29, 0.717) is 26.2 Å². The topological polar surface area (TPSA) is 163 Å². The standard InChI is InChI=1S/C5H13NO2.C3H10N2O.C2H8N2/c7-4-2-1-3-6-5-8;4-1-2-5-3-6;3-1-2-4/h6-8H,1-5H2;5-6H,1-4H2;1-4H2. The summed E-state index contributed by atoms with van der Waals surface area (Å²) in [7, 11) is 0. The van der Waals surface area contributed by atoms with Crippen LogP contribution in [0.5, 0.6) is 0 Å². The van der Waals surface area contributed by atoms with Gasteiger partial charge in [-0.25, -0.2) is 0 Å². The van der Waals surface area contributed by atoms with Crippen molar-refractivity contribution in [2.24, 2.45) is 17.2 Å². The van der Waals surface area contributed by atoms with E-state index in [9.17, 15) is 0 Å². The maximum atomic E-state index is 8.28. The third-order valence-corrected chi connectivity index (χ3v) is 1.47. The van der Waals surface area contributed by atoms with Gasteiger partial charge in [0, 0.05) is 32.8 Å². The zero-order valence-electron chi connectivity index (χ0n) is 11.1. The predicted molar refractivity (Wildman–Crippen MR) is 73.7 cm³/mol. The maximum absolute atomic E-state index is 8.28. The van der Waals surface area contributed by atoms with E-state index in [1.807, 2.05) is 0 Å². The van der Waals surface area contributed by atoms with Gasteiger partial charge in [0.25, 0.3) is 0 Å². The predicted octanol–water partition coefficient (Wildman–Crippen LogP) is -3.31. The minimum Gasteiger partial charge on any atom is -0.396 e. The summed E-state index contributed by atoms with van der Waals surface area (Å²) in [6.45, 7) is 3.56. The Morgan fingerprint density at radius 1 is 0.667 bits per heavy atom. The van der Waals surface area contributed by atoms with E-state index in [4.69, 9.17) is 32.5 Å². The van der Waals surface area contributed by atoms with Gasteiger partial charge in [0.15, 0.2) is 0 Å². The van der Waals surface area contributed by atoms with Gasteiger partial charge in [-0.3, -0.25) is 10.6 Å². The molecule has 11 N–H and O–H groups in total. The Morgan fingerprint density at radius 3 is 1.44 bits per heavy atom. The van der Waals surface area contributed by atoms with Gasteiger partial charge < -0.3 is 32.5 Å². The average Bonchev–Trinajstić information content (AvgIpc) is 2.42. The summed E-state index contributed by atoms with van der Waals surface area (Å²) in [6.07, 6.45) is 1.74. The van der Waals surface area contributed by atoms with Crippen molar-refractivity contribution in [1.29, 1.82) is 0 Å². The van der Waals surface area contributed by atoms with Gasteiger partial charge in [0.2, 0.25) is 0 Å². The van der Waals surface area contributed by atoms with E-state index < -0.39 is 0 Å². The van der Waals surface area contributed by atoms with Crippen LogP contribution in [0.15, 0.2) is 0 Å². The van der Waals surface area contributed by atoms with Crippen LogP contribution in [0.25, 0.3) is 0 Å². The molecule has 0 spiro atoms. The molecule has 8 nitrogen and oxygen atoms in total. The van der Waals surface area contributed by atoms with Crippen molar-refractivity contribution in [3.05, 3.63) is 0 Å². The molecule has 0 bridgehead atoms. The number of unbranched alkanes of at least 4 members (excludes halogenated alkanes) is 1. The van der Waals surface area contributed by atoms with E-state index in [1.165, 1.54) is 0 Å². The van der Waals surface area contributed by atoms with Crippen molar-refractivity contribution in [2.75, 3.05) is 52.8 Å². The lowest BCUT2D eigenvalue weighted by molar-refractivity contribution is 0.251. The van der Waals surface area contributed by atoms with E-state index in [1.54, 1.807) is 0 Å². The van der Waals surface area contributed by atoms with Crippen LogP contribution in [0.4, 0.5) is 0 Å². The molecule has 8 heteroatoms. The second-order valence-corrected chi connectivity index (χ2v) is 3.11. The fourth-order valence-electron chi connectivity index (χ4n) is 0.622. The summed E-state index contributed by atoms with van der Waals surface area (Å²) in [5, 5.41) is 29.9. The molecule has 0 heterocycles. The highest BCUT2D eigenvalue weighted by molar-refractivity contribution is 4.40. The minimum atomic E-state index is 0.0250. The molecule has 0 aromatic rings. The van der Waals surface area contributed by atoms with Crippen molar-refractivity contribution in [3.63, 3.8) is 0 Å². The number of nitrogens with two attached hydrogens (primary N) is 3. The van der Waals surface area contributed by atoms with Crippen LogP contribution in [-0.2, 0) is 0 Å². The summed E-state index contributed by atoms with van der Waals surface area (Å²) in [5.41, 5.74) is 14.8. The van der Waals surface area contributed by atoms with Gasteiger partial charge in [-0.2, -0.15) is 0 Å². The lowest BCUT2D eigenvalue weighted by Gasteiger charge is -1.96. The Balaban J connectivity index is -0.000000200. The number of hydrogen-bond donors (Lipinski definition) is 8. The highest BCUT2D eigenvalue weighted by Gasteiger charge is 1.82. The van der Waals surface area contributed by atoms with Crippen LogP contribution in [-0.4, -0.2) is 68.1 Å². The van der Waals surface area contributed by atoms with Crippen molar-refractivity contribution >= 4 is 0 Å². The van der Waals surface area contributed by atoms with Gasteiger partial charge >= 0.3 is 0 Å². The molecule has 18 heavy (non-hydrogen) atoms. The Bertz CT molecular complexity index is 99.5. The average molecular weight is 269 g/mol. The third-order valence-electron chi connectivity index (χ3n) is 1.47. The number of aliphatic hydroxyl groups excluding tert-OH is 3. The quantitative estimate of drug-likeness (QED) is 0.159. The minimum absolute atomic E-state index is 0.0250. The molecule has 0 aliphatic carbocycles. The summed E-state index contributed by atoms with van der Waals surface area (Å²) >= 11 is 0. The molecule has 0 radical (unpaired) electrons. The van der Waals surface area contributed by atoms with Crippen LogP contribution in [0.3, 0.4) is 0 Å². The van der Waals surface area contributed by atoms with Crippen LogP contribution < -0.4 is 27.8 Å². The largest absolute Gasteiger partial charge is 0.396 e. The molecule has 0 unspecified atom stereocenters. The van der Waals surface area contributed by atoms with E-state index in [-0.39, 0.29) is 20.1 Å². The van der Waals surface area contributed by atoms with E-state index in [2.05, 4.69) is 10.6 Å². The smallest absolute Gasteiger partial charge is 0.0931 e. The summed E-state index contributed by atoms with van der Waals surface area (Å²) in [6, 6.07) is 0. The summed E-state index contributed by atoms with van der Waals surface area (Å²) in [4.78, 5) is 0. The first-order valence-electron chi connectivity index (χ1n) is 6.09. The Morgan fingerprint density at radius 2 is 1.17 bits per heavy atom. The van der Waals surface area contributed by atoms with Crippen LogP contribution >= 0.6 is 0 Å². The first kappa shape index (κ1) is 22.8. The van der Waals surface area contributed by atoms with Crippen LogP contribution in [0, 0.1) is 0 Å². The van der Waals surface area contributed by atoms with E-state index >= 15 is 0 Å². The van der Waals surface area contributed by atoms with Crippen molar-refractivity contribution in [1.82, 2.24) is 10.6 Å². The fraction of sp³-hybridized carbons (Fsp3) is 1.00. The van der Waals surface area contributed by atoms with Gasteiger partial charge in [0.05, 0.1) is 13.5 Å². The maximum Gasteiger partial charge on any atom is 0.0931 e. The molecule has 114 valence electrons. The van der Waals surface area contributed by atoms with Crippen molar-refractivity contribution < 1.29 is 15.3 Å². The number of rotatable bonds is 9. The monoisotopic (exact) mass is 269 g/mol. The second-order valence-electron chi connectivity index (χ2n) is 3.11. The number of nitrogens with one attached hydrogen (secondary N) is 2. The van der Waals surface area contributed by atoms with Gasteiger partial charge in [-0.1, -0.05) is 0 Å². The molecule has 0 aliphatic heterocycles. The normalized spacial score (nSPS) is 9.00. The Hall–Kier alpha value is -0.320. The molecular formula is C10H31N5O3. The zero-order chi connectivity index (χ0) is 14.5. The Labute approximate surface area is 110 Å². The molecule has 0 saturated heterocycles. The first-order valence-corrected chi connectivity index (χ1v) is 6.09. The molecular weight excluding hydrogens is 238 g/mol. The van der Waals surface area contributed by atoms with Crippen LogP contribution in [0.1, 0.15) is 12.8 Å². The molecule has 0 saturated carbocycles. The van der Waals surface area contributed by atoms with Gasteiger partial charge in [-0.15, -0.1) is 0 Å². The number of hydrogen-bond acceptors (Lipinski definition) is 8. The molecule has 0 fully saturated rings. The highest BCUT2D eigenvalue weighted by Crippen LogP contribution is 1.81. The Kier molecular flexibility index (Phi) is 38.1. The van der Waals surface area contributed by atoms with Crippen molar-refractivity contribution in [2.45, 2.75) is 12.8 Å². The lowest BCUT2D eigenvalue weighted by Crippen LogP contribution is -2.22. The van der Waals surface area contributed by atoms with Crippen molar-refractivity contribution in [3.8, 4) is 0 Å². The molecule has 0 atom stereocenters. The molecule has 0 amide bonds. The van der Waals surface area contributed by atoms with Gasteiger partial charge in [-0.05, 0) is 19.4 Å². The molecule has 0 aromatic carbocycles. The fourth-order valence-corrected chi connectivity index (χ4v) is 0.622. The first-order chi connectivity index (χ1) is 8.74. The highest BCUT2D eigenvalue weighted by atomic mass is 16.3. The molecule has 0 rings (SSSR count). The second kappa shape index (κ2) is 30.1. The van der Waals surface area contributed by atoms with Gasteiger partial charge in [0.1, 0.15) is 0 Å². The van der Waals surface area contributed by atoms with Crippen LogP contribution in [0.2, 0.25) is 0 Å².